The van der Waals surface area contributed by atoms with Crippen LogP contribution in [0.5, 0.6) is 0 Å². The maximum atomic E-state index is 12.5. The van der Waals surface area contributed by atoms with Gasteiger partial charge >= 0.3 is 5.97 Å². The Balaban J connectivity index is 1.71. The summed E-state index contributed by atoms with van der Waals surface area (Å²) in [7, 11) is 0. The number of piperidine rings is 1. The summed E-state index contributed by atoms with van der Waals surface area (Å²) in [4.78, 5) is 38.9. The molecule has 0 spiro atoms. The van der Waals surface area contributed by atoms with Crippen LogP contribution >= 0.6 is 0 Å². The number of rotatable bonds is 3. The van der Waals surface area contributed by atoms with Crippen LogP contribution in [-0.4, -0.2) is 52.3 Å². The van der Waals surface area contributed by atoms with E-state index >= 15 is 0 Å². The number of hydrogen-bond acceptors (Lipinski definition) is 3. The lowest BCUT2D eigenvalue weighted by Gasteiger charge is -2.32. The Bertz CT molecular complexity index is 663. The SMILES string of the molecule is C=C1c2ccccc2C(=O)N1CC(=O)N1CCC[C@H](C(=O)O)C1. The van der Waals surface area contributed by atoms with Crippen molar-refractivity contribution in [3.8, 4) is 0 Å². The number of likely N-dealkylation sites (tertiary alicyclic amines) is 1. The molecule has 1 N–H and O–H groups in total. The minimum absolute atomic E-state index is 0.0985. The zero-order valence-corrected chi connectivity index (χ0v) is 12.7. The van der Waals surface area contributed by atoms with Gasteiger partial charge in [-0.2, -0.15) is 0 Å². The minimum atomic E-state index is -0.878. The molecule has 120 valence electrons. The number of hydrogen-bond donors (Lipinski definition) is 1. The number of carbonyl (C=O) groups is 3. The smallest absolute Gasteiger partial charge is 0.308 e. The second-order valence-corrected chi connectivity index (χ2v) is 5.90. The molecule has 1 aromatic carbocycles. The second kappa shape index (κ2) is 5.87. The molecule has 2 aliphatic rings. The van der Waals surface area contributed by atoms with Crippen molar-refractivity contribution in [3.63, 3.8) is 0 Å². The molecule has 2 amide bonds. The third kappa shape index (κ3) is 2.72. The first-order chi connectivity index (χ1) is 11.0. The molecule has 0 bridgehead atoms. The van der Waals surface area contributed by atoms with Gasteiger partial charge in [-0.05, 0) is 18.9 Å². The standard InChI is InChI=1S/C17H18N2O4/c1-11-13-6-2-3-7-14(13)16(21)19(11)10-15(20)18-8-4-5-12(9-18)17(22)23/h2-3,6-7,12H,1,4-5,8-10H2,(H,22,23)/t12-/m0/s1. The van der Waals surface area contributed by atoms with Gasteiger partial charge in [-0.1, -0.05) is 24.8 Å². The summed E-state index contributed by atoms with van der Waals surface area (Å²) < 4.78 is 0. The van der Waals surface area contributed by atoms with Crippen molar-refractivity contribution in [2.24, 2.45) is 5.92 Å². The van der Waals surface area contributed by atoms with Gasteiger partial charge in [0.15, 0.2) is 0 Å². The van der Waals surface area contributed by atoms with Crippen LogP contribution in [0.15, 0.2) is 30.8 Å². The molecule has 0 aliphatic carbocycles. The van der Waals surface area contributed by atoms with E-state index in [4.69, 9.17) is 5.11 Å². The van der Waals surface area contributed by atoms with Crippen molar-refractivity contribution >= 4 is 23.5 Å². The second-order valence-electron chi connectivity index (χ2n) is 5.90. The van der Waals surface area contributed by atoms with Gasteiger partial charge in [0, 0.05) is 29.9 Å². The van der Waals surface area contributed by atoms with Gasteiger partial charge in [-0.3, -0.25) is 19.3 Å². The predicted octanol–water partition coefficient (Wildman–Crippen LogP) is 1.44. The molecule has 0 radical (unpaired) electrons. The summed E-state index contributed by atoms with van der Waals surface area (Å²) in [5.41, 5.74) is 1.81. The summed E-state index contributed by atoms with van der Waals surface area (Å²) in [6, 6.07) is 7.12. The van der Waals surface area contributed by atoms with Crippen LogP contribution in [0.25, 0.3) is 5.70 Å². The summed E-state index contributed by atoms with van der Waals surface area (Å²) in [5, 5.41) is 9.11. The molecule has 1 aromatic rings. The van der Waals surface area contributed by atoms with E-state index in [1.807, 2.05) is 6.07 Å². The predicted molar refractivity (Wildman–Crippen MR) is 83.5 cm³/mol. The fourth-order valence-electron chi connectivity index (χ4n) is 3.14. The topological polar surface area (TPSA) is 77.9 Å². The Kier molecular flexibility index (Phi) is 3.90. The van der Waals surface area contributed by atoms with E-state index in [0.29, 0.717) is 30.6 Å². The van der Waals surface area contributed by atoms with Crippen LogP contribution in [0, 0.1) is 5.92 Å². The zero-order chi connectivity index (χ0) is 16.6. The Labute approximate surface area is 134 Å². The average molecular weight is 314 g/mol. The monoisotopic (exact) mass is 314 g/mol. The fourth-order valence-corrected chi connectivity index (χ4v) is 3.14. The molecule has 23 heavy (non-hydrogen) atoms. The highest BCUT2D eigenvalue weighted by molar-refractivity contribution is 6.10. The molecule has 1 saturated heterocycles. The van der Waals surface area contributed by atoms with Crippen LogP contribution in [0.3, 0.4) is 0 Å². The summed E-state index contributed by atoms with van der Waals surface area (Å²) in [6.07, 6.45) is 1.25. The lowest BCUT2D eigenvalue weighted by Crippen LogP contribution is -2.46. The first kappa shape index (κ1) is 15.3. The van der Waals surface area contributed by atoms with Gasteiger partial charge in [-0.25, -0.2) is 0 Å². The van der Waals surface area contributed by atoms with Crippen LogP contribution in [-0.2, 0) is 9.59 Å². The molecule has 1 atom stereocenters. The van der Waals surface area contributed by atoms with Crippen molar-refractivity contribution in [1.29, 1.82) is 0 Å². The number of carboxylic acid groups (broad SMARTS) is 1. The summed E-state index contributed by atoms with van der Waals surface area (Å²) >= 11 is 0. The Morgan fingerprint density at radius 2 is 1.96 bits per heavy atom. The van der Waals surface area contributed by atoms with E-state index in [9.17, 15) is 14.4 Å². The Morgan fingerprint density at radius 3 is 2.61 bits per heavy atom. The molecule has 3 rings (SSSR count). The normalized spacial score (nSPS) is 20.6. The third-order valence-corrected chi connectivity index (χ3v) is 4.46. The zero-order valence-electron chi connectivity index (χ0n) is 12.7. The van der Waals surface area contributed by atoms with E-state index in [1.54, 1.807) is 18.2 Å². The van der Waals surface area contributed by atoms with E-state index in [-0.39, 0.29) is 24.9 Å². The molecule has 0 aromatic heterocycles. The lowest BCUT2D eigenvalue weighted by molar-refractivity contribution is -0.145. The van der Waals surface area contributed by atoms with Gasteiger partial charge in [0.1, 0.15) is 6.54 Å². The first-order valence-corrected chi connectivity index (χ1v) is 7.60. The van der Waals surface area contributed by atoms with Crippen LogP contribution in [0.2, 0.25) is 0 Å². The van der Waals surface area contributed by atoms with Crippen LogP contribution in [0.4, 0.5) is 0 Å². The molecule has 2 aliphatic heterocycles. The van der Waals surface area contributed by atoms with Crippen molar-refractivity contribution in [1.82, 2.24) is 9.80 Å². The van der Waals surface area contributed by atoms with E-state index in [1.165, 1.54) is 9.80 Å². The molecular weight excluding hydrogens is 296 g/mol. The minimum Gasteiger partial charge on any atom is -0.481 e. The maximum Gasteiger partial charge on any atom is 0.308 e. The molecule has 6 heteroatoms. The van der Waals surface area contributed by atoms with E-state index in [2.05, 4.69) is 6.58 Å². The van der Waals surface area contributed by atoms with Gasteiger partial charge in [0.2, 0.25) is 5.91 Å². The number of benzene rings is 1. The highest BCUT2D eigenvalue weighted by Gasteiger charge is 2.34. The van der Waals surface area contributed by atoms with E-state index in [0.717, 1.165) is 5.56 Å². The van der Waals surface area contributed by atoms with Crippen molar-refractivity contribution in [2.45, 2.75) is 12.8 Å². The lowest BCUT2D eigenvalue weighted by atomic mass is 9.98. The molecule has 2 heterocycles. The fraction of sp³-hybridized carbons (Fsp3) is 0.353. The molecular formula is C17H18N2O4. The van der Waals surface area contributed by atoms with Crippen molar-refractivity contribution < 1.29 is 19.5 Å². The Morgan fingerprint density at radius 1 is 1.26 bits per heavy atom. The third-order valence-electron chi connectivity index (χ3n) is 4.46. The molecule has 0 unspecified atom stereocenters. The van der Waals surface area contributed by atoms with Gasteiger partial charge in [0.05, 0.1) is 5.92 Å². The highest BCUT2D eigenvalue weighted by Crippen LogP contribution is 2.31. The highest BCUT2D eigenvalue weighted by atomic mass is 16.4. The largest absolute Gasteiger partial charge is 0.481 e. The number of nitrogens with zero attached hydrogens (tertiary/aromatic N) is 2. The number of amides is 2. The number of aliphatic carboxylic acids is 1. The average Bonchev–Trinajstić information content (AvgIpc) is 2.80. The first-order valence-electron chi connectivity index (χ1n) is 7.60. The molecule has 6 nitrogen and oxygen atoms in total. The van der Waals surface area contributed by atoms with Gasteiger partial charge in [-0.15, -0.1) is 0 Å². The van der Waals surface area contributed by atoms with E-state index < -0.39 is 11.9 Å². The van der Waals surface area contributed by atoms with Crippen LogP contribution in [0.1, 0.15) is 28.8 Å². The van der Waals surface area contributed by atoms with Gasteiger partial charge in [0.25, 0.3) is 5.91 Å². The van der Waals surface area contributed by atoms with Crippen LogP contribution < -0.4 is 0 Å². The molecule has 1 fully saturated rings. The quantitative estimate of drug-likeness (QED) is 0.915. The number of carbonyl (C=O) groups excluding carboxylic acids is 2. The summed E-state index contributed by atoms with van der Waals surface area (Å²) in [5.74, 6) is -1.87. The van der Waals surface area contributed by atoms with Crippen molar-refractivity contribution in [3.05, 3.63) is 42.0 Å². The van der Waals surface area contributed by atoms with Crippen molar-refractivity contribution in [2.75, 3.05) is 19.6 Å². The summed E-state index contributed by atoms with van der Waals surface area (Å²) in [6.45, 7) is 4.55. The number of carboxylic acids is 1. The van der Waals surface area contributed by atoms with Gasteiger partial charge < -0.3 is 10.0 Å². The maximum absolute atomic E-state index is 12.5. The number of fused-ring (bicyclic) bond motifs is 1. The molecule has 0 saturated carbocycles. The Hall–Kier alpha value is -2.63.